The van der Waals surface area contributed by atoms with Crippen LogP contribution >= 0.6 is 7.82 Å². The van der Waals surface area contributed by atoms with Crippen LogP contribution in [0.3, 0.4) is 0 Å². The summed E-state index contributed by atoms with van der Waals surface area (Å²) in [6.45, 7) is -1.00. The Morgan fingerprint density at radius 3 is 2.38 bits per heavy atom. The largest absolute Gasteiger partial charge is 0.790 e. The Morgan fingerprint density at radius 2 is 2.08 bits per heavy atom. The molecule has 0 saturated heterocycles. The number of carboxylic acid groups (broad SMARTS) is 1. The molecule has 13 heavy (non-hydrogen) atoms. The van der Waals surface area contributed by atoms with E-state index in [1.807, 2.05) is 0 Å². The van der Waals surface area contributed by atoms with Crippen LogP contribution in [0.5, 0.6) is 0 Å². The first-order valence-electron chi connectivity index (χ1n) is 3.05. The first-order valence-corrected chi connectivity index (χ1v) is 4.51. The summed E-state index contributed by atoms with van der Waals surface area (Å²) in [5.41, 5.74) is 4.80. The molecule has 3 N–H and O–H groups in total. The van der Waals surface area contributed by atoms with Gasteiger partial charge in [-0.05, 0) is 0 Å². The predicted molar refractivity (Wildman–Crippen MR) is 30.3 cm³/mol. The topological polar surface area (TPSA) is 158 Å². The Kier molecular flexibility index (Phi) is 4.48. The SMILES string of the molecule is [NH2+]C(C(=O)[O-])C(O)COP(=O)([O-])[O-]. The van der Waals surface area contributed by atoms with E-state index in [0.717, 1.165) is 0 Å². The average molecular weight is 212 g/mol. The van der Waals surface area contributed by atoms with Gasteiger partial charge in [0.2, 0.25) is 0 Å². The van der Waals surface area contributed by atoms with Gasteiger partial charge < -0.3 is 33.9 Å². The zero-order valence-electron chi connectivity index (χ0n) is 6.28. The first kappa shape index (κ1) is 12.5. The normalized spacial score (nSPS) is 16.6. The van der Waals surface area contributed by atoms with Gasteiger partial charge in [-0.2, -0.15) is 5.73 Å². The van der Waals surface area contributed by atoms with Gasteiger partial charge >= 0.3 is 0 Å². The van der Waals surface area contributed by atoms with Gasteiger partial charge in [-0.1, -0.05) is 0 Å². The van der Waals surface area contributed by atoms with Crippen molar-refractivity contribution in [2.24, 2.45) is 0 Å². The molecule has 0 aromatic rings. The van der Waals surface area contributed by atoms with E-state index in [9.17, 15) is 24.3 Å². The molecular weight excluding hydrogens is 205 g/mol. The smallest absolute Gasteiger partial charge is 0.197 e. The highest BCUT2D eigenvalue weighted by atomic mass is 31.2. The maximum Gasteiger partial charge on any atom is 0.197 e. The summed E-state index contributed by atoms with van der Waals surface area (Å²) in [6, 6.07) is -1.80. The van der Waals surface area contributed by atoms with Gasteiger partial charge in [-0.3, -0.25) is 0 Å². The summed E-state index contributed by atoms with van der Waals surface area (Å²) in [5, 5.41) is 18.8. The Balaban J connectivity index is 3.95. The number of carbonyl (C=O) groups is 1. The van der Waals surface area contributed by atoms with Gasteiger partial charge in [0.05, 0.1) is 14.4 Å². The fourth-order valence-electron chi connectivity index (χ4n) is 0.428. The lowest BCUT2D eigenvalue weighted by atomic mass is 10.2. The highest BCUT2D eigenvalue weighted by Gasteiger charge is 2.22. The zero-order chi connectivity index (χ0) is 10.6. The second-order valence-electron chi connectivity index (χ2n) is 2.16. The minimum atomic E-state index is -5.22. The first-order chi connectivity index (χ1) is 5.74. The van der Waals surface area contributed by atoms with Gasteiger partial charge in [0.1, 0.15) is 12.1 Å². The van der Waals surface area contributed by atoms with Crippen molar-refractivity contribution in [1.82, 2.24) is 0 Å². The van der Waals surface area contributed by atoms with E-state index in [-0.39, 0.29) is 0 Å². The highest BCUT2D eigenvalue weighted by molar-refractivity contribution is 7.43. The third-order valence-corrected chi connectivity index (χ3v) is 1.56. The molecule has 0 aromatic heterocycles. The number of hydrogen-bond donors (Lipinski definition) is 2. The van der Waals surface area contributed by atoms with E-state index < -0.39 is 32.5 Å². The van der Waals surface area contributed by atoms with Gasteiger partial charge in [-0.15, -0.1) is 0 Å². The van der Waals surface area contributed by atoms with E-state index in [0.29, 0.717) is 0 Å². The molecule has 77 valence electrons. The van der Waals surface area contributed by atoms with Crippen LogP contribution in [0.15, 0.2) is 0 Å². The van der Waals surface area contributed by atoms with Crippen molar-refractivity contribution in [2.75, 3.05) is 6.61 Å². The number of nitrogens with two attached hydrogens (primary N) is 1. The molecule has 0 saturated carbocycles. The van der Waals surface area contributed by atoms with Gasteiger partial charge in [-0.25, -0.2) is 0 Å². The van der Waals surface area contributed by atoms with Gasteiger partial charge in [0, 0.05) is 0 Å². The fourth-order valence-corrected chi connectivity index (χ4v) is 0.764. The van der Waals surface area contributed by atoms with Crippen LogP contribution < -0.4 is 20.6 Å². The number of hydrogen-bond acceptors (Lipinski definition) is 8. The molecule has 0 amide bonds. The molecule has 0 fully saturated rings. The van der Waals surface area contributed by atoms with Crippen LogP contribution in [0.25, 0.3) is 0 Å². The summed E-state index contributed by atoms with van der Waals surface area (Å²) in [6.07, 6.45) is -1.80. The van der Waals surface area contributed by atoms with Crippen molar-refractivity contribution in [3.8, 4) is 0 Å². The van der Waals surface area contributed by atoms with E-state index in [4.69, 9.17) is 10.8 Å². The van der Waals surface area contributed by atoms with Crippen molar-refractivity contribution >= 4 is 13.8 Å². The number of rotatable bonds is 5. The second-order valence-corrected chi connectivity index (χ2v) is 3.31. The van der Waals surface area contributed by atoms with Gasteiger partial charge in [0.15, 0.2) is 6.04 Å². The second kappa shape index (κ2) is 4.66. The Bertz CT molecular complexity index is 225. The van der Waals surface area contributed by atoms with Crippen molar-refractivity contribution in [3.63, 3.8) is 0 Å². The molecule has 0 aromatic carbocycles. The minimum Gasteiger partial charge on any atom is -0.790 e. The Hall–Kier alpha value is -0.500. The molecule has 0 aliphatic rings. The molecule has 8 nitrogen and oxygen atoms in total. The van der Waals surface area contributed by atoms with Crippen LogP contribution in [0.4, 0.5) is 0 Å². The molecule has 9 heteroatoms. The third-order valence-electron chi connectivity index (χ3n) is 1.09. The Morgan fingerprint density at radius 1 is 1.62 bits per heavy atom. The maximum atomic E-state index is 9.99. The van der Waals surface area contributed by atoms with Crippen molar-refractivity contribution < 1.29 is 39.6 Å². The molecular formula is C4H7NO7P-2. The number of aliphatic hydroxyl groups is 1. The highest BCUT2D eigenvalue weighted by Crippen LogP contribution is 2.24. The standard InChI is InChI=1S/C4H10NO7P/c5-3(4(7)8)2(6)1-12-13(9,10)11/h2-3,6H,1,5H2,(H,7,8)(H2,9,10,11)/q+1/p-3. The average Bonchev–Trinajstić information content (AvgIpc) is 1.97. The molecule has 0 bridgehead atoms. The summed E-state index contributed by atoms with van der Waals surface area (Å²) < 4.78 is 13.4. The maximum absolute atomic E-state index is 9.99. The van der Waals surface area contributed by atoms with Gasteiger partial charge in [0.25, 0.3) is 0 Å². The molecule has 0 heterocycles. The minimum absolute atomic E-state index is 1.00. The van der Waals surface area contributed by atoms with Crippen molar-refractivity contribution in [2.45, 2.75) is 12.1 Å². The number of aliphatic carboxylic acids is 1. The molecule has 0 aliphatic heterocycles. The van der Waals surface area contributed by atoms with E-state index in [1.165, 1.54) is 0 Å². The number of carboxylic acids is 1. The number of phosphoric acid groups is 1. The summed E-state index contributed by atoms with van der Waals surface area (Å²) >= 11 is 0. The van der Waals surface area contributed by atoms with Crippen molar-refractivity contribution in [3.05, 3.63) is 0 Å². The summed E-state index contributed by atoms with van der Waals surface area (Å²) in [5.74, 6) is -1.78. The lowest BCUT2D eigenvalue weighted by molar-refractivity contribution is -0.452. The summed E-state index contributed by atoms with van der Waals surface area (Å²) in [4.78, 5) is 29.7. The van der Waals surface area contributed by atoms with E-state index in [2.05, 4.69) is 4.52 Å². The molecule has 2 unspecified atom stereocenters. The summed E-state index contributed by atoms with van der Waals surface area (Å²) in [7, 11) is -5.22. The monoisotopic (exact) mass is 212 g/mol. The number of carbonyl (C=O) groups excluding carboxylic acids is 1. The molecule has 0 rings (SSSR count). The lowest BCUT2D eigenvalue weighted by Crippen LogP contribution is -2.73. The van der Waals surface area contributed by atoms with Crippen LogP contribution in [0.2, 0.25) is 0 Å². The number of phosphoric ester groups is 1. The predicted octanol–water partition coefficient (Wildman–Crippen LogP) is -5.66. The lowest BCUT2D eigenvalue weighted by Gasteiger charge is -2.29. The van der Waals surface area contributed by atoms with Crippen molar-refractivity contribution in [1.29, 1.82) is 0 Å². The molecule has 0 spiro atoms. The molecule has 1 radical (unpaired) electrons. The van der Waals surface area contributed by atoms with Crippen LogP contribution in [-0.2, 0) is 13.9 Å². The van der Waals surface area contributed by atoms with E-state index >= 15 is 0 Å². The van der Waals surface area contributed by atoms with Crippen LogP contribution in [0, 0.1) is 0 Å². The van der Waals surface area contributed by atoms with Crippen LogP contribution in [-0.4, -0.2) is 29.8 Å². The molecule has 2 atom stereocenters. The zero-order valence-corrected chi connectivity index (χ0v) is 7.18. The Labute approximate surface area is 73.2 Å². The quantitative estimate of drug-likeness (QED) is 0.429. The van der Waals surface area contributed by atoms with E-state index in [1.54, 1.807) is 0 Å². The number of aliphatic hydroxyl groups excluding tert-OH is 1. The third kappa shape index (κ3) is 5.69. The fraction of sp³-hybridized carbons (Fsp3) is 0.750. The molecule has 0 aliphatic carbocycles. The van der Waals surface area contributed by atoms with Crippen LogP contribution in [0.1, 0.15) is 0 Å².